The molecule has 0 aliphatic rings. The summed E-state index contributed by atoms with van der Waals surface area (Å²) in [5, 5.41) is 5.11. The fourth-order valence-electron chi connectivity index (χ4n) is 9.00. The third-order valence-corrected chi connectivity index (χ3v) is 11.8. The van der Waals surface area contributed by atoms with E-state index in [4.69, 9.17) is 0 Å². The van der Waals surface area contributed by atoms with Crippen LogP contribution in [0.4, 0.5) is 0 Å². The molecule has 2 nitrogen and oxygen atoms in total. The molecule has 0 aliphatic heterocycles. The van der Waals surface area contributed by atoms with Crippen LogP contribution in [-0.2, 0) is 12.8 Å². The van der Waals surface area contributed by atoms with Crippen LogP contribution in [0, 0.1) is 0 Å². The quantitative estimate of drug-likeness (QED) is 0.132. The molecule has 10 rings (SSSR count). The van der Waals surface area contributed by atoms with Crippen LogP contribution in [-0.4, -0.2) is 9.13 Å². The molecule has 2 heterocycles. The number of aromatic nitrogens is 2. The van der Waals surface area contributed by atoms with Crippen molar-refractivity contribution < 1.29 is 0 Å². The summed E-state index contributed by atoms with van der Waals surface area (Å²) in [7, 11) is 0. The van der Waals surface area contributed by atoms with Gasteiger partial charge in [0, 0.05) is 32.9 Å². The average molecular weight is 735 g/mol. The maximum absolute atomic E-state index is 2.45. The summed E-state index contributed by atoms with van der Waals surface area (Å²) >= 11 is 0. The zero-order valence-electron chi connectivity index (χ0n) is 32.8. The summed E-state index contributed by atoms with van der Waals surface area (Å²) in [6.07, 6.45) is 5.87. The van der Waals surface area contributed by atoms with E-state index in [-0.39, 0.29) is 0 Å². The first-order chi connectivity index (χ1) is 28.2. The van der Waals surface area contributed by atoms with E-state index < -0.39 is 0 Å². The second kappa shape index (κ2) is 14.8. The summed E-state index contributed by atoms with van der Waals surface area (Å²) < 4.78 is 4.90. The van der Waals surface area contributed by atoms with Crippen molar-refractivity contribution in [3.05, 3.63) is 193 Å². The molecule has 0 unspecified atom stereocenters. The van der Waals surface area contributed by atoms with Crippen molar-refractivity contribution in [1.82, 2.24) is 9.13 Å². The molecular weight excluding hydrogens is 689 g/mol. The van der Waals surface area contributed by atoms with Gasteiger partial charge in [-0.2, -0.15) is 0 Å². The summed E-state index contributed by atoms with van der Waals surface area (Å²) in [4.78, 5) is 0. The molecule has 0 radical (unpaired) electrons. The highest BCUT2D eigenvalue weighted by Gasteiger charge is 2.20. The number of aryl methyl sites for hydroxylation is 2. The van der Waals surface area contributed by atoms with Gasteiger partial charge in [-0.1, -0.05) is 160 Å². The number of unbranched alkanes of at least 4 members (excludes halogenated alkanes) is 1. The molecule has 276 valence electrons. The third kappa shape index (κ3) is 6.23. The Kier molecular flexibility index (Phi) is 9.03. The Balaban J connectivity index is 1.07. The molecular formula is C55H46N2. The lowest BCUT2D eigenvalue weighted by Crippen LogP contribution is -1.95. The summed E-state index contributed by atoms with van der Waals surface area (Å²) in [6, 6.07) is 67.7. The van der Waals surface area contributed by atoms with Gasteiger partial charge in [0.2, 0.25) is 0 Å². The average Bonchev–Trinajstić information content (AvgIpc) is 3.79. The molecule has 0 fully saturated rings. The minimum atomic E-state index is 1.10. The molecule has 57 heavy (non-hydrogen) atoms. The maximum atomic E-state index is 2.45. The van der Waals surface area contributed by atoms with Gasteiger partial charge < -0.3 is 9.13 Å². The minimum Gasteiger partial charge on any atom is -0.309 e. The largest absolute Gasteiger partial charge is 0.309 e. The maximum Gasteiger partial charge on any atom is 0.0548 e. The van der Waals surface area contributed by atoms with Crippen LogP contribution in [0.1, 0.15) is 44.2 Å². The topological polar surface area (TPSA) is 9.86 Å². The lowest BCUT2D eigenvalue weighted by atomic mass is 9.98. The molecule has 0 amide bonds. The van der Waals surface area contributed by atoms with Crippen LogP contribution >= 0.6 is 0 Å². The zero-order chi connectivity index (χ0) is 38.3. The van der Waals surface area contributed by atoms with Crippen molar-refractivity contribution in [2.24, 2.45) is 0 Å². The van der Waals surface area contributed by atoms with Gasteiger partial charge in [-0.25, -0.2) is 0 Å². The molecule has 0 bridgehead atoms. The fraction of sp³-hybridized carbons (Fsp3) is 0.127. The summed E-state index contributed by atoms with van der Waals surface area (Å²) in [5.41, 5.74) is 17.4. The van der Waals surface area contributed by atoms with Gasteiger partial charge in [0.15, 0.2) is 0 Å². The second-order valence-electron chi connectivity index (χ2n) is 15.5. The van der Waals surface area contributed by atoms with E-state index in [1.54, 1.807) is 0 Å². The number of nitrogens with zero attached hydrogens (tertiary/aromatic N) is 2. The van der Waals surface area contributed by atoms with Crippen molar-refractivity contribution in [1.29, 1.82) is 0 Å². The highest BCUT2D eigenvalue weighted by molar-refractivity contribution is 6.28. The highest BCUT2D eigenvalue weighted by Crippen LogP contribution is 2.43. The normalized spacial score (nSPS) is 11.7. The van der Waals surface area contributed by atoms with E-state index in [0.717, 1.165) is 24.9 Å². The molecule has 10 aromatic rings. The summed E-state index contributed by atoms with van der Waals surface area (Å²) in [6.45, 7) is 4.49. The van der Waals surface area contributed by atoms with Crippen LogP contribution in [0.25, 0.3) is 88.4 Å². The van der Waals surface area contributed by atoms with Crippen LogP contribution < -0.4 is 0 Å². The number of rotatable bonds is 10. The monoisotopic (exact) mass is 734 g/mol. The Morgan fingerprint density at radius 2 is 0.842 bits per heavy atom. The fourth-order valence-corrected chi connectivity index (χ4v) is 9.00. The number of benzene rings is 8. The molecule has 2 heteroatoms. The van der Waals surface area contributed by atoms with E-state index in [1.165, 1.54) is 107 Å². The van der Waals surface area contributed by atoms with E-state index in [1.807, 2.05) is 0 Å². The minimum absolute atomic E-state index is 1.10. The molecule has 0 spiro atoms. The van der Waals surface area contributed by atoms with Crippen LogP contribution in [0.15, 0.2) is 182 Å². The van der Waals surface area contributed by atoms with E-state index >= 15 is 0 Å². The number of fused-ring (bicyclic) bond motifs is 7. The predicted molar refractivity (Wildman–Crippen MR) is 244 cm³/mol. The SMILES string of the molecule is CCCCc1ccc(-c2ccc(-c3cccc(-n4c5ccccc5c5c6c7ccccc7n(-c7ccc(-c8cccc(CCC)c8)cc7)c6ccc54)c3)cc2)cc1. The van der Waals surface area contributed by atoms with Gasteiger partial charge in [0.05, 0.1) is 22.1 Å². The van der Waals surface area contributed by atoms with Crippen molar-refractivity contribution in [3.8, 4) is 44.8 Å². The van der Waals surface area contributed by atoms with Crippen LogP contribution in [0.3, 0.4) is 0 Å². The van der Waals surface area contributed by atoms with E-state index in [9.17, 15) is 0 Å². The first-order valence-corrected chi connectivity index (χ1v) is 20.6. The Morgan fingerprint density at radius 1 is 0.333 bits per heavy atom. The van der Waals surface area contributed by atoms with Gasteiger partial charge in [-0.15, -0.1) is 0 Å². The van der Waals surface area contributed by atoms with Crippen molar-refractivity contribution in [2.45, 2.75) is 46.0 Å². The standard InChI is InChI=1S/C55H46N2/c1-3-5-13-38-22-24-40(25-23-38)41-26-28-42(29-27-41)45-16-11-17-47(37-45)57-51-21-9-7-19-49(51)55-53(57)35-34-52-54(55)48-18-6-8-20-50(48)56(52)46-32-30-43(31-33-46)44-15-10-14-39(36-44)12-4-2/h6-11,14-37H,3-5,12-13H2,1-2H3. The van der Waals surface area contributed by atoms with Gasteiger partial charge in [-0.05, 0) is 112 Å². The smallest absolute Gasteiger partial charge is 0.0548 e. The third-order valence-electron chi connectivity index (χ3n) is 11.8. The Labute approximate surface area is 335 Å². The Morgan fingerprint density at radius 3 is 1.44 bits per heavy atom. The first kappa shape index (κ1) is 34.8. The van der Waals surface area contributed by atoms with E-state index in [2.05, 4.69) is 205 Å². The zero-order valence-corrected chi connectivity index (χ0v) is 32.8. The summed E-state index contributed by atoms with van der Waals surface area (Å²) in [5.74, 6) is 0. The van der Waals surface area contributed by atoms with Gasteiger partial charge in [-0.3, -0.25) is 0 Å². The molecule has 8 aromatic carbocycles. The van der Waals surface area contributed by atoms with Crippen molar-refractivity contribution in [3.63, 3.8) is 0 Å². The van der Waals surface area contributed by atoms with Gasteiger partial charge in [0.1, 0.15) is 0 Å². The van der Waals surface area contributed by atoms with Gasteiger partial charge >= 0.3 is 0 Å². The second-order valence-corrected chi connectivity index (χ2v) is 15.5. The molecule has 0 atom stereocenters. The van der Waals surface area contributed by atoms with Crippen molar-refractivity contribution >= 4 is 43.6 Å². The number of hydrogen-bond donors (Lipinski definition) is 0. The molecule has 0 saturated carbocycles. The highest BCUT2D eigenvalue weighted by atomic mass is 15.0. The van der Waals surface area contributed by atoms with Gasteiger partial charge in [0.25, 0.3) is 0 Å². The molecule has 2 aromatic heterocycles. The first-order valence-electron chi connectivity index (χ1n) is 20.6. The predicted octanol–water partition coefficient (Wildman–Crippen LogP) is 15.2. The lowest BCUT2D eigenvalue weighted by Gasteiger charge is -2.12. The Hall–Kier alpha value is -6.64. The lowest BCUT2D eigenvalue weighted by molar-refractivity contribution is 0.795. The molecule has 0 N–H and O–H groups in total. The van der Waals surface area contributed by atoms with E-state index in [0.29, 0.717) is 0 Å². The van der Waals surface area contributed by atoms with Crippen molar-refractivity contribution in [2.75, 3.05) is 0 Å². The van der Waals surface area contributed by atoms with Crippen LogP contribution in [0.5, 0.6) is 0 Å². The van der Waals surface area contributed by atoms with Crippen LogP contribution in [0.2, 0.25) is 0 Å². The number of hydrogen-bond acceptors (Lipinski definition) is 0. The Bertz CT molecular complexity index is 3030. The number of para-hydroxylation sites is 2. The molecule has 0 saturated heterocycles. The molecule has 0 aliphatic carbocycles.